The first-order chi connectivity index (χ1) is 11.2. The maximum atomic E-state index is 12.6. The van der Waals surface area contributed by atoms with E-state index in [0.717, 1.165) is 51.9 Å². The van der Waals surface area contributed by atoms with E-state index in [-0.39, 0.29) is 12.0 Å². The van der Waals surface area contributed by atoms with Crippen molar-refractivity contribution in [3.05, 3.63) is 18.5 Å². The van der Waals surface area contributed by atoms with Crippen LogP contribution >= 0.6 is 0 Å². The molecule has 1 aromatic heterocycles. The highest BCUT2D eigenvalue weighted by atomic mass is 16.5. The van der Waals surface area contributed by atoms with E-state index in [1.165, 1.54) is 0 Å². The summed E-state index contributed by atoms with van der Waals surface area (Å²) in [5.41, 5.74) is 0. The van der Waals surface area contributed by atoms with Gasteiger partial charge in [-0.05, 0) is 44.7 Å². The lowest BCUT2D eigenvalue weighted by Gasteiger charge is -2.38. The fourth-order valence-electron chi connectivity index (χ4n) is 4.58. The SMILES string of the molecule is CN1[C@@H](Cn2cccn2)C[C@@H]2CN(C(=O)[C@@H]3CCCO3)CC[C@@H]21. The number of carbonyl (C=O) groups is 1. The molecule has 1 amide bonds. The molecule has 6 heteroatoms. The lowest BCUT2D eigenvalue weighted by Crippen LogP contribution is -2.50. The Morgan fingerprint density at radius 1 is 1.39 bits per heavy atom. The van der Waals surface area contributed by atoms with Crippen LogP contribution in [0.2, 0.25) is 0 Å². The summed E-state index contributed by atoms with van der Waals surface area (Å²) in [6.45, 7) is 3.45. The second kappa shape index (κ2) is 6.24. The van der Waals surface area contributed by atoms with Gasteiger partial charge >= 0.3 is 0 Å². The minimum atomic E-state index is -0.175. The molecule has 4 atom stereocenters. The molecule has 0 unspecified atom stereocenters. The second-order valence-electron chi connectivity index (χ2n) is 7.19. The van der Waals surface area contributed by atoms with E-state index in [9.17, 15) is 4.79 Å². The molecule has 1 aromatic rings. The van der Waals surface area contributed by atoms with Crippen molar-refractivity contribution in [2.45, 2.75) is 50.4 Å². The van der Waals surface area contributed by atoms with Crippen LogP contribution in [0.25, 0.3) is 0 Å². The van der Waals surface area contributed by atoms with Gasteiger partial charge in [0.25, 0.3) is 5.91 Å². The molecule has 3 saturated heterocycles. The highest BCUT2D eigenvalue weighted by Crippen LogP contribution is 2.35. The van der Waals surface area contributed by atoms with Gasteiger partial charge in [-0.2, -0.15) is 5.10 Å². The van der Waals surface area contributed by atoms with E-state index in [0.29, 0.717) is 18.0 Å². The maximum Gasteiger partial charge on any atom is 0.251 e. The predicted octanol–water partition coefficient (Wildman–Crippen LogP) is 0.983. The van der Waals surface area contributed by atoms with Crippen LogP contribution in [0.3, 0.4) is 0 Å². The molecule has 4 heterocycles. The van der Waals surface area contributed by atoms with Gasteiger partial charge in [0, 0.05) is 44.2 Å². The number of carbonyl (C=O) groups excluding carboxylic acids is 1. The van der Waals surface area contributed by atoms with E-state index in [2.05, 4.69) is 21.9 Å². The van der Waals surface area contributed by atoms with Gasteiger partial charge in [0.05, 0.1) is 6.54 Å². The van der Waals surface area contributed by atoms with Gasteiger partial charge in [-0.3, -0.25) is 14.4 Å². The quantitative estimate of drug-likeness (QED) is 0.834. The lowest BCUT2D eigenvalue weighted by molar-refractivity contribution is -0.143. The van der Waals surface area contributed by atoms with Crippen LogP contribution < -0.4 is 0 Å². The zero-order valence-corrected chi connectivity index (χ0v) is 13.8. The molecule has 0 radical (unpaired) electrons. The summed E-state index contributed by atoms with van der Waals surface area (Å²) >= 11 is 0. The van der Waals surface area contributed by atoms with Gasteiger partial charge in [-0.25, -0.2) is 0 Å². The van der Waals surface area contributed by atoms with Crippen molar-refractivity contribution in [3.63, 3.8) is 0 Å². The first-order valence-electron chi connectivity index (χ1n) is 8.82. The summed E-state index contributed by atoms with van der Waals surface area (Å²) in [5, 5.41) is 4.34. The van der Waals surface area contributed by atoms with Crippen molar-refractivity contribution in [2.24, 2.45) is 5.92 Å². The maximum absolute atomic E-state index is 12.6. The van der Waals surface area contributed by atoms with Gasteiger partial charge in [0.1, 0.15) is 6.10 Å². The summed E-state index contributed by atoms with van der Waals surface area (Å²) in [6, 6.07) is 3.09. The number of nitrogens with zero attached hydrogens (tertiary/aromatic N) is 4. The van der Waals surface area contributed by atoms with E-state index < -0.39 is 0 Å². The van der Waals surface area contributed by atoms with E-state index in [1.54, 1.807) is 0 Å². The van der Waals surface area contributed by atoms with Crippen LogP contribution in [0.5, 0.6) is 0 Å². The minimum Gasteiger partial charge on any atom is -0.368 e. The lowest BCUT2D eigenvalue weighted by atomic mass is 9.91. The van der Waals surface area contributed by atoms with Crippen molar-refractivity contribution < 1.29 is 9.53 Å². The van der Waals surface area contributed by atoms with Crippen LogP contribution in [0.15, 0.2) is 18.5 Å². The molecule has 23 heavy (non-hydrogen) atoms. The summed E-state index contributed by atoms with van der Waals surface area (Å²) in [6.07, 6.45) is 7.83. The summed E-state index contributed by atoms with van der Waals surface area (Å²) < 4.78 is 7.60. The monoisotopic (exact) mass is 318 g/mol. The van der Waals surface area contributed by atoms with E-state index >= 15 is 0 Å². The molecule has 0 bridgehead atoms. The molecule has 3 aliphatic rings. The predicted molar refractivity (Wildman–Crippen MR) is 85.8 cm³/mol. The topological polar surface area (TPSA) is 50.6 Å². The molecule has 4 rings (SSSR count). The van der Waals surface area contributed by atoms with Crippen molar-refractivity contribution >= 4 is 5.91 Å². The molecule has 0 aliphatic carbocycles. The zero-order valence-electron chi connectivity index (χ0n) is 13.8. The first kappa shape index (κ1) is 15.1. The number of amides is 1. The Balaban J connectivity index is 1.38. The smallest absolute Gasteiger partial charge is 0.251 e. The number of ether oxygens (including phenoxy) is 1. The summed E-state index contributed by atoms with van der Waals surface area (Å²) in [7, 11) is 2.23. The average Bonchev–Trinajstić information content (AvgIpc) is 3.30. The average molecular weight is 318 g/mol. The molecule has 0 saturated carbocycles. The molecule has 0 N–H and O–H groups in total. The van der Waals surface area contributed by atoms with Crippen LogP contribution in [-0.4, -0.2) is 70.4 Å². The van der Waals surface area contributed by atoms with Crippen molar-refractivity contribution in [2.75, 3.05) is 26.7 Å². The number of likely N-dealkylation sites (N-methyl/N-ethyl adjacent to an activating group) is 1. The van der Waals surface area contributed by atoms with Crippen LogP contribution in [0.1, 0.15) is 25.7 Å². The molecule has 0 aromatic carbocycles. The van der Waals surface area contributed by atoms with Gasteiger partial charge in [0.2, 0.25) is 0 Å². The molecule has 3 aliphatic heterocycles. The number of aromatic nitrogens is 2. The highest BCUT2D eigenvalue weighted by molar-refractivity contribution is 5.81. The number of fused-ring (bicyclic) bond motifs is 1. The van der Waals surface area contributed by atoms with Gasteiger partial charge in [-0.15, -0.1) is 0 Å². The Hall–Kier alpha value is -1.40. The van der Waals surface area contributed by atoms with Crippen molar-refractivity contribution in [1.29, 1.82) is 0 Å². The highest BCUT2D eigenvalue weighted by Gasteiger charge is 2.43. The van der Waals surface area contributed by atoms with Crippen LogP contribution in [-0.2, 0) is 16.1 Å². The summed E-state index contributed by atoms with van der Waals surface area (Å²) in [4.78, 5) is 17.2. The third-order valence-corrected chi connectivity index (χ3v) is 5.84. The Kier molecular flexibility index (Phi) is 4.11. The molecular weight excluding hydrogens is 292 g/mol. The standard InChI is InChI=1S/C17H26N4O2/c1-19-14(12-21-7-3-6-18-21)10-13-11-20(8-5-15(13)19)17(22)16-4-2-9-23-16/h3,6-7,13-16H,2,4-5,8-12H2,1H3/t13-,14-,15+,16+/m1/s1. The van der Waals surface area contributed by atoms with Gasteiger partial charge in [-0.1, -0.05) is 0 Å². The Labute approximate surface area is 137 Å². The Bertz CT molecular complexity index is 541. The van der Waals surface area contributed by atoms with Crippen molar-refractivity contribution in [3.8, 4) is 0 Å². The fourth-order valence-corrected chi connectivity index (χ4v) is 4.58. The third kappa shape index (κ3) is 2.90. The van der Waals surface area contributed by atoms with Crippen molar-refractivity contribution in [1.82, 2.24) is 19.6 Å². The number of piperidine rings is 1. The minimum absolute atomic E-state index is 0.175. The molecule has 0 spiro atoms. The van der Waals surface area contributed by atoms with Gasteiger partial charge in [0.15, 0.2) is 0 Å². The normalized spacial score (nSPS) is 34.7. The Morgan fingerprint density at radius 2 is 2.30 bits per heavy atom. The largest absolute Gasteiger partial charge is 0.368 e. The van der Waals surface area contributed by atoms with Crippen LogP contribution in [0, 0.1) is 5.92 Å². The van der Waals surface area contributed by atoms with E-state index in [4.69, 9.17) is 4.74 Å². The van der Waals surface area contributed by atoms with E-state index in [1.807, 2.05) is 23.1 Å². The van der Waals surface area contributed by atoms with Crippen LogP contribution in [0.4, 0.5) is 0 Å². The fraction of sp³-hybridized carbons (Fsp3) is 0.765. The number of rotatable bonds is 3. The Morgan fingerprint density at radius 3 is 3.04 bits per heavy atom. The molecule has 3 fully saturated rings. The van der Waals surface area contributed by atoms with Gasteiger partial charge < -0.3 is 9.64 Å². The number of hydrogen-bond donors (Lipinski definition) is 0. The zero-order chi connectivity index (χ0) is 15.8. The first-order valence-corrected chi connectivity index (χ1v) is 8.82. The third-order valence-electron chi connectivity index (χ3n) is 5.84. The second-order valence-corrected chi connectivity index (χ2v) is 7.19. The number of hydrogen-bond acceptors (Lipinski definition) is 4. The molecular formula is C17H26N4O2. The molecule has 6 nitrogen and oxygen atoms in total. The number of likely N-dealkylation sites (tertiary alicyclic amines) is 2. The summed E-state index contributed by atoms with van der Waals surface area (Å²) in [5.74, 6) is 0.804. The molecule has 126 valence electrons.